The van der Waals surface area contributed by atoms with Gasteiger partial charge in [0.2, 0.25) is 5.91 Å². The molecule has 5 nitrogen and oxygen atoms in total. The van der Waals surface area contributed by atoms with Crippen LogP contribution in [0.5, 0.6) is 5.75 Å². The largest absolute Gasteiger partial charge is 0.508 e. The fourth-order valence-electron chi connectivity index (χ4n) is 1.88. The van der Waals surface area contributed by atoms with Crippen LogP contribution in [0.25, 0.3) is 0 Å². The summed E-state index contributed by atoms with van der Waals surface area (Å²) in [6.45, 7) is 1.85. The molecule has 2 N–H and O–H groups in total. The lowest BCUT2D eigenvalue weighted by Gasteiger charge is -2.18. The summed E-state index contributed by atoms with van der Waals surface area (Å²) in [7, 11) is 1.29. The second-order valence-electron chi connectivity index (χ2n) is 4.89. The topological polar surface area (TPSA) is 75.6 Å². The molecule has 116 valence electrons. The van der Waals surface area contributed by atoms with Crippen LogP contribution in [0.3, 0.4) is 0 Å². The summed E-state index contributed by atoms with van der Waals surface area (Å²) in [5.74, 6) is -0.488. The number of nitrogens with one attached hydrogen (secondary N) is 1. The summed E-state index contributed by atoms with van der Waals surface area (Å²) in [5, 5.41) is 11.8. The van der Waals surface area contributed by atoms with Gasteiger partial charge in [0.15, 0.2) is 0 Å². The summed E-state index contributed by atoms with van der Waals surface area (Å²) >= 11 is 4.23. The molecule has 0 fully saturated rings. The first-order valence-corrected chi connectivity index (χ1v) is 7.27. The maximum Gasteiger partial charge on any atom is 0.328 e. The number of carbonyl (C=O) groups excluding carboxylic acids is 2. The van der Waals surface area contributed by atoms with E-state index in [0.717, 1.165) is 5.56 Å². The number of ether oxygens (including phenoxy) is 1. The number of esters is 1. The second kappa shape index (κ2) is 8.56. The average molecular weight is 311 g/mol. The summed E-state index contributed by atoms with van der Waals surface area (Å²) < 4.78 is 4.67. The Morgan fingerprint density at radius 1 is 1.33 bits per heavy atom. The van der Waals surface area contributed by atoms with Gasteiger partial charge in [-0.3, -0.25) is 4.79 Å². The number of phenolic OH excluding ortho intramolecular Hbond substituents is 1. The summed E-state index contributed by atoms with van der Waals surface area (Å²) in [5.41, 5.74) is 0.945. The molecule has 0 aliphatic heterocycles. The van der Waals surface area contributed by atoms with Crippen molar-refractivity contribution in [2.45, 2.75) is 37.5 Å². The number of aromatic hydroxyl groups is 1. The molecule has 2 atom stereocenters. The SMILES string of the molecule is COC(=O)C(CC(C)S)NC(=O)CCc1ccc(O)cc1. The number of benzene rings is 1. The molecule has 1 aromatic carbocycles. The van der Waals surface area contributed by atoms with Crippen molar-refractivity contribution in [3.05, 3.63) is 29.8 Å². The molecule has 0 aromatic heterocycles. The van der Waals surface area contributed by atoms with Crippen molar-refractivity contribution in [3.8, 4) is 5.75 Å². The maximum absolute atomic E-state index is 11.9. The molecule has 1 aromatic rings. The van der Waals surface area contributed by atoms with E-state index in [0.29, 0.717) is 12.8 Å². The molecular weight excluding hydrogens is 290 g/mol. The minimum atomic E-state index is -0.671. The lowest BCUT2D eigenvalue weighted by molar-refractivity contribution is -0.145. The zero-order valence-corrected chi connectivity index (χ0v) is 13.1. The first-order chi connectivity index (χ1) is 9.92. The average Bonchev–Trinajstić information content (AvgIpc) is 2.44. The van der Waals surface area contributed by atoms with Crippen molar-refractivity contribution in [3.63, 3.8) is 0 Å². The van der Waals surface area contributed by atoms with Gasteiger partial charge >= 0.3 is 5.97 Å². The highest BCUT2D eigenvalue weighted by atomic mass is 32.1. The summed E-state index contributed by atoms with van der Waals surface area (Å²) in [6, 6.07) is 6.00. The Morgan fingerprint density at radius 3 is 2.48 bits per heavy atom. The van der Waals surface area contributed by atoms with Gasteiger partial charge in [0.1, 0.15) is 11.8 Å². The van der Waals surface area contributed by atoms with E-state index in [1.807, 2.05) is 6.92 Å². The molecule has 0 aliphatic carbocycles. The molecule has 0 saturated heterocycles. The predicted molar refractivity (Wildman–Crippen MR) is 83.4 cm³/mol. The van der Waals surface area contributed by atoms with Gasteiger partial charge < -0.3 is 15.2 Å². The number of hydrogen-bond donors (Lipinski definition) is 3. The third-order valence-corrected chi connectivity index (χ3v) is 3.19. The van der Waals surface area contributed by atoms with Gasteiger partial charge in [-0.1, -0.05) is 19.1 Å². The highest BCUT2D eigenvalue weighted by Gasteiger charge is 2.22. The van der Waals surface area contributed by atoms with Gasteiger partial charge in [-0.15, -0.1) is 0 Å². The molecule has 1 rings (SSSR count). The molecule has 2 unspecified atom stereocenters. The normalized spacial score (nSPS) is 13.3. The van der Waals surface area contributed by atoms with Crippen LogP contribution < -0.4 is 5.32 Å². The van der Waals surface area contributed by atoms with E-state index in [1.54, 1.807) is 24.3 Å². The fourth-order valence-corrected chi connectivity index (χ4v) is 2.10. The standard InChI is InChI=1S/C15H21NO4S/c1-10(21)9-13(15(19)20-2)16-14(18)8-5-11-3-6-12(17)7-4-11/h3-4,6-7,10,13,17,21H,5,8-9H2,1-2H3,(H,16,18). The molecule has 21 heavy (non-hydrogen) atoms. The zero-order valence-electron chi connectivity index (χ0n) is 12.2. The maximum atomic E-state index is 11.9. The Labute approximate surface area is 130 Å². The number of hydrogen-bond acceptors (Lipinski definition) is 5. The van der Waals surface area contributed by atoms with Gasteiger partial charge in [-0.2, -0.15) is 12.6 Å². The Hall–Kier alpha value is -1.69. The van der Waals surface area contributed by atoms with Crippen LogP contribution in [0, 0.1) is 0 Å². The molecular formula is C15H21NO4S. The van der Waals surface area contributed by atoms with Gasteiger partial charge in [-0.05, 0) is 30.5 Å². The Bertz CT molecular complexity index is 473. The third kappa shape index (κ3) is 6.53. The number of rotatable bonds is 7. The quantitative estimate of drug-likeness (QED) is 0.529. The molecule has 0 radical (unpaired) electrons. The van der Waals surface area contributed by atoms with E-state index in [-0.39, 0.29) is 23.3 Å². The Balaban J connectivity index is 2.49. The van der Waals surface area contributed by atoms with Gasteiger partial charge in [-0.25, -0.2) is 4.79 Å². The molecule has 0 heterocycles. The van der Waals surface area contributed by atoms with E-state index in [9.17, 15) is 14.7 Å². The van der Waals surface area contributed by atoms with Crippen LogP contribution in [0.1, 0.15) is 25.3 Å². The zero-order chi connectivity index (χ0) is 15.8. The van der Waals surface area contributed by atoms with Crippen LogP contribution in [-0.2, 0) is 20.7 Å². The van der Waals surface area contributed by atoms with Crippen molar-refractivity contribution in [2.24, 2.45) is 0 Å². The van der Waals surface area contributed by atoms with Crippen LogP contribution in [-0.4, -0.2) is 35.4 Å². The monoisotopic (exact) mass is 311 g/mol. The number of methoxy groups -OCH3 is 1. The summed E-state index contributed by atoms with van der Waals surface area (Å²) in [6.07, 6.45) is 1.22. The molecule has 0 saturated carbocycles. The third-order valence-electron chi connectivity index (χ3n) is 2.97. The lowest BCUT2D eigenvalue weighted by Crippen LogP contribution is -2.42. The van der Waals surface area contributed by atoms with Crippen molar-refractivity contribution < 1.29 is 19.4 Å². The van der Waals surface area contributed by atoms with Crippen LogP contribution in [0.2, 0.25) is 0 Å². The number of amides is 1. The van der Waals surface area contributed by atoms with Crippen molar-refractivity contribution >= 4 is 24.5 Å². The fraction of sp³-hybridized carbons (Fsp3) is 0.467. The number of thiol groups is 1. The van der Waals surface area contributed by atoms with E-state index in [2.05, 4.69) is 22.7 Å². The van der Waals surface area contributed by atoms with Gasteiger partial charge in [0.25, 0.3) is 0 Å². The number of aryl methyl sites for hydroxylation is 1. The highest BCUT2D eigenvalue weighted by molar-refractivity contribution is 7.80. The molecule has 1 amide bonds. The molecule has 0 spiro atoms. The Kier molecular flexibility index (Phi) is 7.08. The van der Waals surface area contributed by atoms with Crippen molar-refractivity contribution in [2.75, 3.05) is 7.11 Å². The van der Waals surface area contributed by atoms with E-state index < -0.39 is 12.0 Å². The minimum absolute atomic E-state index is 0.0218. The highest BCUT2D eigenvalue weighted by Crippen LogP contribution is 2.11. The first kappa shape index (κ1) is 17.4. The minimum Gasteiger partial charge on any atom is -0.508 e. The van der Waals surface area contributed by atoms with E-state index >= 15 is 0 Å². The smallest absolute Gasteiger partial charge is 0.328 e. The van der Waals surface area contributed by atoms with Crippen LogP contribution >= 0.6 is 12.6 Å². The number of phenols is 1. The molecule has 6 heteroatoms. The number of carbonyl (C=O) groups is 2. The second-order valence-corrected chi connectivity index (χ2v) is 5.78. The molecule has 0 bridgehead atoms. The van der Waals surface area contributed by atoms with Crippen molar-refractivity contribution in [1.29, 1.82) is 0 Å². The van der Waals surface area contributed by atoms with Crippen molar-refractivity contribution in [1.82, 2.24) is 5.32 Å². The van der Waals surface area contributed by atoms with Gasteiger partial charge in [0.05, 0.1) is 7.11 Å². The molecule has 0 aliphatic rings. The first-order valence-electron chi connectivity index (χ1n) is 6.75. The Morgan fingerprint density at radius 2 is 1.95 bits per heavy atom. The predicted octanol–water partition coefficient (Wildman–Crippen LogP) is 1.69. The van der Waals surface area contributed by atoms with E-state index in [1.165, 1.54) is 7.11 Å². The lowest BCUT2D eigenvalue weighted by atomic mass is 10.1. The van der Waals surface area contributed by atoms with Gasteiger partial charge in [0, 0.05) is 11.7 Å². The van der Waals surface area contributed by atoms with E-state index in [4.69, 9.17) is 0 Å². The van der Waals surface area contributed by atoms with Crippen LogP contribution in [0.4, 0.5) is 0 Å². The summed E-state index contributed by atoms with van der Waals surface area (Å²) in [4.78, 5) is 23.5. The van der Waals surface area contributed by atoms with Crippen LogP contribution in [0.15, 0.2) is 24.3 Å².